The molecule has 0 saturated carbocycles. The molecule has 1 saturated heterocycles. The number of carbonyl (C=O) groups is 1. The van der Waals surface area contributed by atoms with Crippen molar-refractivity contribution in [2.45, 2.75) is 40.2 Å². The van der Waals surface area contributed by atoms with Crippen molar-refractivity contribution < 1.29 is 9.32 Å². The van der Waals surface area contributed by atoms with E-state index in [1.807, 2.05) is 24.3 Å². The van der Waals surface area contributed by atoms with E-state index in [1.54, 1.807) is 0 Å². The van der Waals surface area contributed by atoms with Gasteiger partial charge in [0.15, 0.2) is 5.82 Å². The standard InChI is InChI=1S/C20H28N4O2/c1-14(2)12-21-19(25)16-8-10-24(11-9-16)13-18-22-20(26-23-18)17-6-4-15(3)5-7-17/h4-7,14,16H,8-13H2,1-3H3,(H,21,25). The van der Waals surface area contributed by atoms with E-state index in [4.69, 9.17) is 4.52 Å². The highest BCUT2D eigenvalue weighted by atomic mass is 16.5. The van der Waals surface area contributed by atoms with E-state index < -0.39 is 0 Å². The molecular formula is C20H28N4O2. The summed E-state index contributed by atoms with van der Waals surface area (Å²) in [6, 6.07) is 8.06. The molecule has 0 radical (unpaired) electrons. The third-order valence-corrected chi connectivity index (χ3v) is 4.77. The van der Waals surface area contributed by atoms with E-state index in [2.05, 4.69) is 41.1 Å². The van der Waals surface area contributed by atoms with E-state index in [0.29, 0.717) is 24.2 Å². The Kier molecular flexibility index (Phi) is 6.04. The van der Waals surface area contributed by atoms with E-state index >= 15 is 0 Å². The number of amides is 1. The number of nitrogens with one attached hydrogen (secondary N) is 1. The van der Waals surface area contributed by atoms with Gasteiger partial charge < -0.3 is 9.84 Å². The molecule has 1 aliphatic heterocycles. The molecule has 26 heavy (non-hydrogen) atoms. The largest absolute Gasteiger partial charge is 0.356 e. The second-order valence-corrected chi connectivity index (χ2v) is 7.57. The molecule has 1 fully saturated rings. The van der Waals surface area contributed by atoms with Gasteiger partial charge in [-0.05, 0) is 50.9 Å². The number of hydrogen-bond acceptors (Lipinski definition) is 5. The fraction of sp³-hybridized carbons (Fsp3) is 0.550. The fourth-order valence-electron chi connectivity index (χ4n) is 3.13. The highest BCUT2D eigenvalue weighted by molar-refractivity contribution is 5.78. The number of nitrogens with zero attached hydrogens (tertiary/aromatic N) is 3. The van der Waals surface area contributed by atoms with Crippen molar-refractivity contribution >= 4 is 5.91 Å². The summed E-state index contributed by atoms with van der Waals surface area (Å²) < 4.78 is 5.39. The van der Waals surface area contributed by atoms with Crippen molar-refractivity contribution in [1.29, 1.82) is 0 Å². The number of carbonyl (C=O) groups excluding carboxylic acids is 1. The van der Waals surface area contributed by atoms with Crippen LogP contribution in [0.15, 0.2) is 28.8 Å². The van der Waals surface area contributed by atoms with E-state index in [-0.39, 0.29) is 11.8 Å². The van der Waals surface area contributed by atoms with Gasteiger partial charge in [0.05, 0.1) is 6.54 Å². The topological polar surface area (TPSA) is 71.3 Å². The van der Waals surface area contributed by atoms with E-state index in [0.717, 1.165) is 38.0 Å². The zero-order valence-corrected chi connectivity index (χ0v) is 15.9. The molecule has 6 nitrogen and oxygen atoms in total. The summed E-state index contributed by atoms with van der Waals surface area (Å²) in [7, 11) is 0. The molecule has 1 amide bonds. The maximum atomic E-state index is 12.2. The Morgan fingerprint density at radius 3 is 2.62 bits per heavy atom. The van der Waals surface area contributed by atoms with Crippen LogP contribution in [0, 0.1) is 18.8 Å². The van der Waals surface area contributed by atoms with Gasteiger partial charge in [-0.2, -0.15) is 4.98 Å². The van der Waals surface area contributed by atoms with Crippen LogP contribution in [-0.4, -0.2) is 40.6 Å². The highest BCUT2D eigenvalue weighted by Crippen LogP contribution is 2.21. The number of rotatable bonds is 6. The highest BCUT2D eigenvalue weighted by Gasteiger charge is 2.25. The Bertz CT molecular complexity index is 716. The van der Waals surface area contributed by atoms with Crippen LogP contribution in [0.4, 0.5) is 0 Å². The molecule has 2 heterocycles. The number of likely N-dealkylation sites (tertiary alicyclic amines) is 1. The van der Waals surface area contributed by atoms with Crippen LogP contribution >= 0.6 is 0 Å². The van der Waals surface area contributed by atoms with Crippen molar-refractivity contribution in [2.75, 3.05) is 19.6 Å². The predicted octanol–water partition coefficient (Wildman–Crippen LogP) is 3.03. The van der Waals surface area contributed by atoms with Crippen molar-refractivity contribution in [1.82, 2.24) is 20.4 Å². The summed E-state index contributed by atoms with van der Waals surface area (Å²) in [6.07, 6.45) is 1.76. The monoisotopic (exact) mass is 356 g/mol. The Morgan fingerprint density at radius 2 is 1.96 bits per heavy atom. The number of benzene rings is 1. The zero-order valence-electron chi connectivity index (χ0n) is 15.9. The quantitative estimate of drug-likeness (QED) is 0.861. The molecule has 0 bridgehead atoms. The van der Waals surface area contributed by atoms with Crippen molar-refractivity contribution in [3.8, 4) is 11.5 Å². The number of aryl methyl sites for hydroxylation is 1. The normalized spacial score (nSPS) is 16.2. The molecule has 6 heteroatoms. The lowest BCUT2D eigenvalue weighted by atomic mass is 9.95. The van der Waals surface area contributed by atoms with Crippen LogP contribution < -0.4 is 5.32 Å². The molecular weight excluding hydrogens is 328 g/mol. The van der Waals surface area contributed by atoms with Crippen LogP contribution in [0.2, 0.25) is 0 Å². The van der Waals surface area contributed by atoms with Crippen molar-refractivity contribution in [3.05, 3.63) is 35.7 Å². The maximum Gasteiger partial charge on any atom is 0.257 e. The molecule has 0 spiro atoms. The van der Waals surface area contributed by atoms with Crippen molar-refractivity contribution in [3.63, 3.8) is 0 Å². The first-order chi connectivity index (χ1) is 12.5. The molecule has 140 valence electrons. The molecule has 1 aromatic carbocycles. The van der Waals surface area contributed by atoms with Gasteiger partial charge >= 0.3 is 0 Å². The lowest BCUT2D eigenvalue weighted by Crippen LogP contribution is -2.41. The summed E-state index contributed by atoms with van der Waals surface area (Å²) in [5.41, 5.74) is 2.14. The fourth-order valence-corrected chi connectivity index (χ4v) is 3.13. The Hall–Kier alpha value is -2.21. The third-order valence-electron chi connectivity index (χ3n) is 4.77. The summed E-state index contributed by atoms with van der Waals surface area (Å²) in [6.45, 7) is 9.45. The van der Waals surface area contributed by atoms with Gasteiger partial charge in [0.25, 0.3) is 5.89 Å². The summed E-state index contributed by atoms with van der Waals surface area (Å²) in [4.78, 5) is 19.0. The van der Waals surface area contributed by atoms with Crippen LogP contribution in [0.3, 0.4) is 0 Å². The van der Waals surface area contributed by atoms with Gasteiger partial charge in [0.2, 0.25) is 5.91 Å². The molecule has 1 aromatic heterocycles. The number of hydrogen-bond donors (Lipinski definition) is 1. The second-order valence-electron chi connectivity index (χ2n) is 7.57. The summed E-state index contributed by atoms with van der Waals surface area (Å²) in [5.74, 6) is 2.06. The van der Waals surface area contributed by atoms with Gasteiger partial charge in [-0.1, -0.05) is 36.7 Å². The average Bonchev–Trinajstić information content (AvgIpc) is 3.09. The maximum absolute atomic E-state index is 12.2. The lowest BCUT2D eigenvalue weighted by molar-refractivity contribution is -0.126. The zero-order chi connectivity index (χ0) is 18.5. The SMILES string of the molecule is Cc1ccc(-c2nc(CN3CCC(C(=O)NCC(C)C)CC3)no2)cc1. The smallest absolute Gasteiger partial charge is 0.257 e. The lowest BCUT2D eigenvalue weighted by Gasteiger charge is -2.30. The van der Waals surface area contributed by atoms with Gasteiger partial charge in [-0.15, -0.1) is 0 Å². The first kappa shape index (κ1) is 18.6. The first-order valence-corrected chi connectivity index (χ1v) is 9.41. The van der Waals surface area contributed by atoms with Crippen LogP contribution in [-0.2, 0) is 11.3 Å². The van der Waals surface area contributed by atoms with Crippen LogP contribution in [0.25, 0.3) is 11.5 Å². The molecule has 2 aromatic rings. The van der Waals surface area contributed by atoms with Crippen LogP contribution in [0.5, 0.6) is 0 Å². The van der Waals surface area contributed by atoms with E-state index in [1.165, 1.54) is 5.56 Å². The molecule has 1 aliphatic rings. The van der Waals surface area contributed by atoms with Gasteiger partial charge in [0.1, 0.15) is 0 Å². The van der Waals surface area contributed by atoms with Crippen LogP contribution in [0.1, 0.15) is 38.1 Å². The summed E-state index contributed by atoms with van der Waals surface area (Å²) >= 11 is 0. The van der Waals surface area contributed by atoms with Gasteiger partial charge in [0, 0.05) is 18.0 Å². The molecule has 3 rings (SSSR count). The van der Waals surface area contributed by atoms with Gasteiger partial charge in [-0.3, -0.25) is 9.69 Å². The number of aromatic nitrogens is 2. The summed E-state index contributed by atoms with van der Waals surface area (Å²) in [5, 5.41) is 7.15. The molecule has 0 aliphatic carbocycles. The third kappa shape index (κ3) is 4.91. The molecule has 0 atom stereocenters. The number of piperidine rings is 1. The predicted molar refractivity (Wildman–Crippen MR) is 100 cm³/mol. The molecule has 1 N–H and O–H groups in total. The first-order valence-electron chi connectivity index (χ1n) is 9.41. The molecule has 0 unspecified atom stereocenters. The van der Waals surface area contributed by atoms with E-state index in [9.17, 15) is 4.79 Å². The van der Waals surface area contributed by atoms with Crippen molar-refractivity contribution in [2.24, 2.45) is 11.8 Å². The van der Waals surface area contributed by atoms with Gasteiger partial charge in [-0.25, -0.2) is 0 Å². The Labute approximate surface area is 155 Å². The Balaban J connectivity index is 1.49. The Morgan fingerprint density at radius 1 is 1.27 bits per heavy atom. The minimum Gasteiger partial charge on any atom is -0.356 e. The average molecular weight is 356 g/mol. The minimum atomic E-state index is 0.124. The minimum absolute atomic E-state index is 0.124. The second kappa shape index (κ2) is 8.45.